The third-order valence-corrected chi connectivity index (χ3v) is 4.28. The summed E-state index contributed by atoms with van der Waals surface area (Å²) in [5, 5.41) is 0. The van der Waals surface area contributed by atoms with Gasteiger partial charge in [-0.15, -0.1) is 0 Å². The van der Waals surface area contributed by atoms with Gasteiger partial charge in [-0.05, 0) is 27.7 Å². The molecule has 0 aromatic heterocycles. The summed E-state index contributed by atoms with van der Waals surface area (Å²) in [5.74, 6) is 0.118. The molecule has 2 saturated heterocycles. The SMILES string of the molecule is CCN1C(=O)C[C@H](N)[C@H]1C1(C)CN(C(=O)OC(C)(C)C)C1. The number of hydrogen-bond donors (Lipinski definition) is 1. The molecule has 0 aromatic carbocycles. The number of amides is 2. The minimum absolute atomic E-state index is 0.00804. The molecule has 0 aromatic rings. The standard InChI is InChI=1S/C15H27N3O3/c1-6-18-11(19)7-10(16)12(18)15(5)8-17(9-15)13(20)21-14(2,3)4/h10,12H,6-9,16H2,1-5H3/t10-,12-/m0/s1. The quantitative estimate of drug-likeness (QED) is 0.830. The van der Waals surface area contributed by atoms with E-state index in [2.05, 4.69) is 6.92 Å². The van der Waals surface area contributed by atoms with Crippen molar-refractivity contribution in [2.24, 2.45) is 11.1 Å². The van der Waals surface area contributed by atoms with E-state index in [1.807, 2.05) is 32.6 Å². The number of carbonyl (C=O) groups is 2. The molecular formula is C15H27N3O3. The predicted molar refractivity (Wildman–Crippen MR) is 79.7 cm³/mol. The third kappa shape index (κ3) is 3.00. The third-order valence-electron chi connectivity index (χ3n) is 4.28. The fraction of sp³-hybridized carbons (Fsp3) is 0.867. The zero-order chi connectivity index (χ0) is 16.0. The number of likely N-dealkylation sites (tertiary alicyclic amines) is 2. The molecule has 0 saturated carbocycles. The van der Waals surface area contributed by atoms with Crippen LogP contribution in [0.5, 0.6) is 0 Å². The van der Waals surface area contributed by atoms with Crippen molar-refractivity contribution in [2.75, 3.05) is 19.6 Å². The van der Waals surface area contributed by atoms with E-state index in [1.165, 1.54) is 0 Å². The van der Waals surface area contributed by atoms with Gasteiger partial charge in [-0.1, -0.05) is 6.92 Å². The van der Waals surface area contributed by atoms with Gasteiger partial charge in [0, 0.05) is 37.5 Å². The van der Waals surface area contributed by atoms with Crippen molar-refractivity contribution in [2.45, 2.75) is 58.7 Å². The predicted octanol–water partition coefficient (Wildman–Crippen LogP) is 1.19. The lowest BCUT2D eigenvalue weighted by atomic mass is 9.73. The zero-order valence-corrected chi connectivity index (χ0v) is 13.7. The number of ether oxygens (including phenoxy) is 1. The minimum Gasteiger partial charge on any atom is -0.444 e. The van der Waals surface area contributed by atoms with Crippen molar-refractivity contribution in [3.05, 3.63) is 0 Å². The van der Waals surface area contributed by atoms with Gasteiger partial charge in [0.15, 0.2) is 0 Å². The molecule has 2 aliphatic heterocycles. The lowest BCUT2D eigenvalue weighted by Crippen LogP contribution is -2.67. The molecule has 2 fully saturated rings. The zero-order valence-electron chi connectivity index (χ0n) is 13.7. The van der Waals surface area contributed by atoms with Gasteiger partial charge in [-0.25, -0.2) is 4.79 Å². The van der Waals surface area contributed by atoms with E-state index in [0.29, 0.717) is 26.1 Å². The second-order valence-electron chi connectivity index (χ2n) is 7.48. The van der Waals surface area contributed by atoms with Crippen molar-refractivity contribution < 1.29 is 14.3 Å². The number of nitrogens with zero attached hydrogens (tertiary/aromatic N) is 2. The van der Waals surface area contributed by atoms with Gasteiger partial charge < -0.3 is 20.3 Å². The smallest absolute Gasteiger partial charge is 0.410 e. The highest BCUT2D eigenvalue weighted by molar-refractivity contribution is 5.80. The lowest BCUT2D eigenvalue weighted by molar-refractivity contribution is -0.132. The van der Waals surface area contributed by atoms with Crippen LogP contribution in [0.2, 0.25) is 0 Å². The van der Waals surface area contributed by atoms with Crippen molar-refractivity contribution in [1.29, 1.82) is 0 Å². The van der Waals surface area contributed by atoms with Crippen molar-refractivity contribution in [3.8, 4) is 0 Å². The van der Waals surface area contributed by atoms with Gasteiger partial charge in [-0.3, -0.25) is 4.79 Å². The van der Waals surface area contributed by atoms with Crippen LogP contribution in [-0.2, 0) is 9.53 Å². The molecule has 0 spiro atoms. The Hall–Kier alpha value is -1.30. The summed E-state index contributed by atoms with van der Waals surface area (Å²) in [6.07, 6.45) is 0.112. The largest absolute Gasteiger partial charge is 0.444 e. The van der Waals surface area contributed by atoms with Crippen LogP contribution in [0.3, 0.4) is 0 Å². The number of hydrogen-bond acceptors (Lipinski definition) is 4. The Balaban J connectivity index is 2.01. The van der Waals surface area contributed by atoms with Gasteiger partial charge in [-0.2, -0.15) is 0 Å². The molecule has 2 aliphatic rings. The maximum Gasteiger partial charge on any atom is 0.410 e. The first-order valence-electron chi connectivity index (χ1n) is 7.60. The highest BCUT2D eigenvalue weighted by Gasteiger charge is 2.55. The number of likely N-dealkylation sites (N-methyl/N-ethyl adjacent to an activating group) is 1. The van der Waals surface area contributed by atoms with Crippen LogP contribution < -0.4 is 5.73 Å². The van der Waals surface area contributed by atoms with E-state index >= 15 is 0 Å². The maximum absolute atomic E-state index is 12.0. The molecule has 2 rings (SSSR count). The molecule has 0 radical (unpaired) electrons. The Morgan fingerprint density at radius 3 is 2.48 bits per heavy atom. The number of nitrogens with two attached hydrogens (primary N) is 1. The minimum atomic E-state index is -0.488. The van der Waals surface area contributed by atoms with E-state index < -0.39 is 5.60 Å². The fourth-order valence-electron chi connectivity index (χ4n) is 3.55. The van der Waals surface area contributed by atoms with Crippen LogP contribution >= 0.6 is 0 Å². The molecular weight excluding hydrogens is 270 g/mol. The van der Waals surface area contributed by atoms with E-state index in [1.54, 1.807) is 4.90 Å². The Morgan fingerprint density at radius 2 is 2.00 bits per heavy atom. The normalized spacial score (nSPS) is 28.6. The second kappa shape index (κ2) is 5.16. The van der Waals surface area contributed by atoms with Crippen LogP contribution in [0.4, 0.5) is 4.79 Å². The molecule has 21 heavy (non-hydrogen) atoms. The second-order valence-corrected chi connectivity index (χ2v) is 7.48. The van der Waals surface area contributed by atoms with Gasteiger partial charge >= 0.3 is 6.09 Å². The average Bonchev–Trinajstić information content (AvgIpc) is 2.57. The van der Waals surface area contributed by atoms with Crippen molar-refractivity contribution in [3.63, 3.8) is 0 Å². The summed E-state index contributed by atoms with van der Waals surface area (Å²) in [5.41, 5.74) is 5.53. The Labute approximate surface area is 126 Å². The summed E-state index contributed by atoms with van der Waals surface area (Å²) in [7, 11) is 0. The molecule has 6 heteroatoms. The van der Waals surface area contributed by atoms with Crippen LogP contribution in [0.25, 0.3) is 0 Å². The summed E-state index contributed by atoms with van der Waals surface area (Å²) in [4.78, 5) is 27.5. The van der Waals surface area contributed by atoms with Crippen LogP contribution in [0.1, 0.15) is 41.0 Å². The van der Waals surface area contributed by atoms with Gasteiger partial charge in [0.05, 0.1) is 6.04 Å². The Bertz CT molecular complexity index is 438. The van der Waals surface area contributed by atoms with E-state index in [0.717, 1.165) is 0 Å². The lowest BCUT2D eigenvalue weighted by Gasteiger charge is -2.53. The summed E-state index contributed by atoms with van der Waals surface area (Å²) in [6, 6.07) is -0.142. The topological polar surface area (TPSA) is 75.9 Å². The monoisotopic (exact) mass is 297 g/mol. The van der Waals surface area contributed by atoms with Crippen molar-refractivity contribution in [1.82, 2.24) is 9.80 Å². The molecule has 6 nitrogen and oxygen atoms in total. The number of rotatable bonds is 2. The molecule has 2 heterocycles. The van der Waals surface area contributed by atoms with Crippen LogP contribution in [0.15, 0.2) is 0 Å². The fourth-order valence-corrected chi connectivity index (χ4v) is 3.55. The van der Waals surface area contributed by atoms with Gasteiger partial charge in [0.1, 0.15) is 5.60 Å². The summed E-state index contributed by atoms with van der Waals surface area (Å²) >= 11 is 0. The molecule has 0 unspecified atom stereocenters. The first kappa shape index (κ1) is 16.1. The van der Waals surface area contributed by atoms with E-state index in [-0.39, 0.29) is 29.5 Å². The molecule has 2 atom stereocenters. The molecule has 2 amide bonds. The molecule has 0 aliphatic carbocycles. The number of carbonyl (C=O) groups excluding carboxylic acids is 2. The molecule has 0 bridgehead atoms. The first-order chi connectivity index (χ1) is 9.57. The van der Waals surface area contributed by atoms with Crippen LogP contribution in [0, 0.1) is 5.41 Å². The summed E-state index contributed by atoms with van der Waals surface area (Å²) in [6.45, 7) is 11.5. The van der Waals surface area contributed by atoms with Gasteiger partial charge in [0.25, 0.3) is 0 Å². The van der Waals surface area contributed by atoms with E-state index in [4.69, 9.17) is 10.5 Å². The summed E-state index contributed by atoms with van der Waals surface area (Å²) < 4.78 is 5.37. The maximum atomic E-state index is 12.0. The highest BCUT2D eigenvalue weighted by Crippen LogP contribution is 2.41. The van der Waals surface area contributed by atoms with Crippen LogP contribution in [-0.4, -0.2) is 59.1 Å². The molecule has 2 N–H and O–H groups in total. The van der Waals surface area contributed by atoms with E-state index in [9.17, 15) is 9.59 Å². The Kier molecular flexibility index (Phi) is 3.95. The Morgan fingerprint density at radius 1 is 1.43 bits per heavy atom. The average molecular weight is 297 g/mol. The van der Waals surface area contributed by atoms with Crippen molar-refractivity contribution >= 4 is 12.0 Å². The molecule has 120 valence electrons. The highest BCUT2D eigenvalue weighted by atomic mass is 16.6. The van der Waals surface area contributed by atoms with Gasteiger partial charge in [0.2, 0.25) is 5.91 Å². The first-order valence-corrected chi connectivity index (χ1v) is 7.60.